The summed E-state index contributed by atoms with van der Waals surface area (Å²) in [6.07, 6.45) is 0. The van der Waals surface area contributed by atoms with Crippen LogP contribution in [0.3, 0.4) is 0 Å². The van der Waals surface area contributed by atoms with Crippen molar-refractivity contribution in [2.24, 2.45) is 0 Å². The fourth-order valence-corrected chi connectivity index (χ4v) is 3.03. The average Bonchev–Trinajstić information content (AvgIpc) is 2.87. The molecule has 0 aliphatic carbocycles. The van der Waals surface area contributed by atoms with Gasteiger partial charge in [0, 0.05) is 9.75 Å². The molecule has 0 atom stereocenters. The first-order chi connectivity index (χ1) is 7.69. The Hall–Kier alpha value is -0.350. The summed E-state index contributed by atoms with van der Waals surface area (Å²) >= 11 is 8.90. The molecular weight excluding hydrogens is 260 g/mol. The monoisotopic (exact) mass is 274 g/mol. The first kappa shape index (κ1) is 13.7. The topological polar surface area (TPSA) is 20.2 Å². The molecule has 1 nitrogen and oxygen atoms in total. The van der Waals surface area contributed by atoms with Crippen molar-refractivity contribution in [3.63, 3.8) is 0 Å². The molecule has 0 radical (unpaired) electrons. The largest absolute Gasteiger partial charge is 0.391 e. The minimum Gasteiger partial charge on any atom is -0.391 e. The standard InChI is InChI=1S/C6H7ClS.C6H8OS/c2*1-5-2-3-8-6(5)4-7/h2-3H,4H2,1H3;2-3,7H,4H2,1H3. The second kappa shape index (κ2) is 7.07. The Kier molecular flexibility index (Phi) is 6.06. The van der Waals surface area contributed by atoms with E-state index in [2.05, 4.69) is 18.4 Å². The first-order valence-corrected chi connectivity index (χ1v) is 7.21. The molecule has 0 amide bonds. The maximum Gasteiger partial charge on any atom is 0.0777 e. The van der Waals surface area contributed by atoms with E-state index < -0.39 is 0 Å². The molecule has 0 spiro atoms. The number of thiophene rings is 2. The third-order valence-electron chi connectivity index (χ3n) is 2.20. The molecule has 2 heterocycles. The van der Waals surface area contributed by atoms with Gasteiger partial charge in [0.15, 0.2) is 0 Å². The number of hydrogen-bond acceptors (Lipinski definition) is 3. The molecule has 0 saturated carbocycles. The Bertz CT molecular complexity index is 380. The molecule has 0 bridgehead atoms. The van der Waals surface area contributed by atoms with Crippen LogP contribution >= 0.6 is 34.3 Å². The molecule has 1 N–H and O–H groups in total. The number of aliphatic hydroxyl groups excluding tert-OH is 1. The van der Waals surface area contributed by atoms with Crippen LogP contribution in [0.4, 0.5) is 0 Å². The fourth-order valence-electron chi connectivity index (χ4n) is 1.11. The van der Waals surface area contributed by atoms with E-state index in [9.17, 15) is 0 Å². The van der Waals surface area contributed by atoms with Crippen molar-refractivity contribution in [3.05, 3.63) is 43.8 Å². The van der Waals surface area contributed by atoms with Crippen LogP contribution in [0.2, 0.25) is 0 Å². The molecule has 0 saturated heterocycles. The van der Waals surface area contributed by atoms with Gasteiger partial charge in [-0.1, -0.05) is 0 Å². The van der Waals surface area contributed by atoms with E-state index in [0.717, 1.165) is 4.88 Å². The Morgan fingerprint density at radius 1 is 1.06 bits per heavy atom. The molecule has 0 unspecified atom stereocenters. The number of rotatable bonds is 2. The highest BCUT2D eigenvalue weighted by Gasteiger charge is 1.94. The average molecular weight is 275 g/mol. The van der Waals surface area contributed by atoms with Gasteiger partial charge in [-0.15, -0.1) is 34.3 Å². The lowest BCUT2D eigenvalue weighted by Crippen LogP contribution is -1.76. The Morgan fingerprint density at radius 2 is 1.56 bits per heavy atom. The fraction of sp³-hybridized carbons (Fsp3) is 0.333. The third kappa shape index (κ3) is 3.91. The zero-order valence-electron chi connectivity index (χ0n) is 9.37. The molecule has 88 valence electrons. The van der Waals surface area contributed by atoms with E-state index in [1.807, 2.05) is 18.4 Å². The lowest BCUT2D eigenvalue weighted by Gasteiger charge is -1.87. The summed E-state index contributed by atoms with van der Waals surface area (Å²) in [5, 5.41) is 12.7. The van der Waals surface area contributed by atoms with E-state index in [4.69, 9.17) is 16.7 Å². The maximum atomic E-state index is 8.62. The second-order valence-electron chi connectivity index (χ2n) is 3.35. The van der Waals surface area contributed by atoms with E-state index in [0.29, 0.717) is 5.88 Å². The number of alkyl halides is 1. The van der Waals surface area contributed by atoms with Crippen LogP contribution in [0, 0.1) is 13.8 Å². The van der Waals surface area contributed by atoms with Crippen LogP contribution in [0.25, 0.3) is 0 Å². The Morgan fingerprint density at radius 3 is 1.75 bits per heavy atom. The summed E-state index contributed by atoms with van der Waals surface area (Å²) < 4.78 is 0. The van der Waals surface area contributed by atoms with Crippen molar-refractivity contribution < 1.29 is 5.11 Å². The smallest absolute Gasteiger partial charge is 0.0777 e. The molecule has 0 fully saturated rings. The van der Waals surface area contributed by atoms with Gasteiger partial charge in [0.2, 0.25) is 0 Å². The maximum absolute atomic E-state index is 8.62. The normalized spacial score (nSPS) is 9.75. The zero-order valence-corrected chi connectivity index (χ0v) is 11.8. The molecule has 4 heteroatoms. The summed E-state index contributed by atoms with van der Waals surface area (Å²) in [7, 11) is 0. The van der Waals surface area contributed by atoms with Crippen LogP contribution in [0.1, 0.15) is 20.9 Å². The van der Waals surface area contributed by atoms with Crippen LogP contribution in [0.5, 0.6) is 0 Å². The minimum atomic E-state index is 0.184. The molecule has 0 aromatic carbocycles. The van der Waals surface area contributed by atoms with Gasteiger partial charge < -0.3 is 5.11 Å². The summed E-state index contributed by atoms with van der Waals surface area (Å²) in [5.74, 6) is 0.656. The molecule has 2 rings (SSSR count). The lowest BCUT2D eigenvalue weighted by atomic mass is 10.3. The number of aliphatic hydroxyl groups is 1. The van der Waals surface area contributed by atoms with Crippen molar-refractivity contribution in [2.75, 3.05) is 0 Å². The van der Waals surface area contributed by atoms with Gasteiger partial charge in [-0.3, -0.25) is 0 Å². The minimum absolute atomic E-state index is 0.184. The Labute approximate surface area is 109 Å². The molecule has 16 heavy (non-hydrogen) atoms. The van der Waals surface area contributed by atoms with Crippen LogP contribution in [0.15, 0.2) is 22.9 Å². The van der Waals surface area contributed by atoms with Crippen molar-refractivity contribution in [3.8, 4) is 0 Å². The number of halogens is 1. The summed E-state index contributed by atoms with van der Waals surface area (Å²) in [5.41, 5.74) is 2.50. The third-order valence-corrected chi connectivity index (χ3v) is 4.66. The van der Waals surface area contributed by atoms with Crippen molar-refractivity contribution in [1.82, 2.24) is 0 Å². The quantitative estimate of drug-likeness (QED) is 0.808. The summed E-state index contributed by atoms with van der Waals surface area (Å²) in [6.45, 7) is 4.26. The lowest BCUT2D eigenvalue weighted by molar-refractivity contribution is 0.285. The van der Waals surface area contributed by atoms with Crippen LogP contribution in [-0.2, 0) is 12.5 Å². The van der Waals surface area contributed by atoms with Crippen molar-refractivity contribution in [1.29, 1.82) is 0 Å². The molecule has 0 aliphatic heterocycles. The molecule has 2 aromatic rings. The van der Waals surface area contributed by atoms with E-state index >= 15 is 0 Å². The van der Waals surface area contributed by atoms with Crippen LogP contribution < -0.4 is 0 Å². The van der Waals surface area contributed by atoms with E-state index in [-0.39, 0.29) is 6.61 Å². The molecular formula is C12H15ClOS2. The highest BCUT2D eigenvalue weighted by molar-refractivity contribution is 7.10. The predicted octanol–water partition coefficient (Wildman–Crippen LogP) is 4.34. The number of aryl methyl sites for hydroxylation is 2. The van der Waals surface area contributed by atoms with Crippen molar-refractivity contribution >= 4 is 34.3 Å². The first-order valence-electron chi connectivity index (χ1n) is 4.91. The highest BCUT2D eigenvalue weighted by atomic mass is 35.5. The van der Waals surface area contributed by atoms with Gasteiger partial charge in [-0.25, -0.2) is 0 Å². The SMILES string of the molecule is Cc1ccsc1CCl.Cc1ccsc1CO. The zero-order chi connectivity index (χ0) is 12.0. The highest BCUT2D eigenvalue weighted by Crippen LogP contribution is 2.16. The van der Waals surface area contributed by atoms with Gasteiger partial charge in [0.05, 0.1) is 12.5 Å². The van der Waals surface area contributed by atoms with E-state index in [1.165, 1.54) is 16.0 Å². The van der Waals surface area contributed by atoms with Crippen molar-refractivity contribution in [2.45, 2.75) is 26.3 Å². The molecule has 0 aliphatic rings. The van der Waals surface area contributed by atoms with Gasteiger partial charge >= 0.3 is 0 Å². The number of hydrogen-bond donors (Lipinski definition) is 1. The summed E-state index contributed by atoms with van der Waals surface area (Å²) in [4.78, 5) is 2.36. The van der Waals surface area contributed by atoms with Gasteiger partial charge in [-0.05, 0) is 47.9 Å². The Balaban J connectivity index is 0.000000160. The second-order valence-corrected chi connectivity index (χ2v) is 5.61. The van der Waals surface area contributed by atoms with E-state index in [1.54, 1.807) is 22.7 Å². The molecule has 2 aromatic heterocycles. The van der Waals surface area contributed by atoms with Gasteiger partial charge in [0.1, 0.15) is 0 Å². The van der Waals surface area contributed by atoms with Gasteiger partial charge in [0.25, 0.3) is 0 Å². The van der Waals surface area contributed by atoms with Gasteiger partial charge in [-0.2, -0.15) is 0 Å². The predicted molar refractivity (Wildman–Crippen MR) is 73.6 cm³/mol. The summed E-state index contributed by atoms with van der Waals surface area (Å²) in [6, 6.07) is 4.10. The van der Waals surface area contributed by atoms with Crippen LogP contribution in [-0.4, -0.2) is 5.11 Å².